The molecule has 1 atom stereocenters. The molecule has 0 aliphatic carbocycles. The summed E-state index contributed by atoms with van der Waals surface area (Å²) in [6.07, 6.45) is 2.03. The van der Waals surface area contributed by atoms with Crippen molar-refractivity contribution in [3.05, 3.63) is 71.0 Å². The van der Waals surface area contributed by atoms with Crippen LogP contribution in [0.4, 0.5) is 4.39 Å². The molecule has 0 aromatic heterocycles. The molecule has 110 valence electrons. The molecule has 0 spiro atoms. The number of rotatable bonds is 5. The van der Waals surface area contributed by atoms with Crippen LogP contribution in [0.1, 0.15) is 34.5 Å². The van der Waals surface area contributed by atoms with Crippen LogP contribution in [0, 0.1) is 5.82 Å². The molecule has 2 nitrogen and oxygen atoms in total. The van der Waals surface area contributed by atoms with Crippen molar-refractivity contribution >= 4 is 17.7 Å². The maximum Gasteiger partial charge on any atom is 0.251 e. The zero-order valence-electron chi connectivity index (χ0n) is 12.1. The van der Waals surface area contributed by atoms with E-state index in [-0.39, 0.29) is 17.8 Å². The molecule has 1 N–H and O–H groups in total. The monoisotopic (exact) mass is 303 g/mol. The van der Waals surface area contributed by atoms with E-state index in [9.17, 15) is 9.18 Å². The van der Waals surface area contributed by atoms with Crippen molar-refractivity contribution in [2.24, 2.45) is 0 Å². The average molecular weight is 303 g/mol. The van der Waals surface area contributed by atoms with E-state index in [1.54, 1.807) is 30.0 Å². The number of carbonyl (C=O) groups excluding carboxylic acids is 1. The molecular weight excluding hydrogens is 285 g/mol. The van der Waals surface area contributed by atoms with Gasteiger partial charge in [0.1, 0.15) is 5.82 Å². The fourth-order valence-corrected chi connectivity index (χ4v) is 2.60. The molecule has 1 amide bonds. The van der Waals surface area contributed by atoms with Crippen LogP contribution in [-0.4, -0.2) is 12.2 Å². The highest BCUT2D eigenvalue weighted by atomic mass is 32.2. The first-order valence-electron chi connectivity index (χ1n) is 6.74. The van der Waals surface area contributed by atoms with E-state index >= 15 is 0 Å². The Morgan fingerprint density at radius 3 is 2.62 bits per heavy atom. The molecule has 0 saturated carbocycles. The molecule has 1 unspecified atom stereocenters. The molecule has 0 radical (unpaired) electrons. The van der Waals surface area contributed by atoms with Crippen LogP contribution >= 0.6 is 11.8 Å². The lowest BCUT2D eigenvalue weighted by atomic mass is 10.1. The lowest BCUT2D eigenvalue weighted by molar-refractivity contribution is 0.0940. The molecule has 0 saturated heterocycles. The van der Waals surface area contributed by atoms with E-state index in [1.165, 1.54) is 12.1 Å². The lowest BCUT2D eigenvalue weighted by Gasteiger charge is -2.14. The molecule has 0 aliphatic rings. The number of halogens is 1. The quantitative estimate of drug-likeness (QED) is 0.898. The first-order chi connectivity index (χ1) is 10.1. The first kappa shape index (κ1) is 15.6. The number of hydrogen-bond donors (Lipinski definition) is 1. The van der Waals surface area contributed by atoms with Gasteiger partial charge in [0.2, 0.25) is 0 Å². The Morgan fingerprint density at radius 2 is 1.95 bits per heavy atom. The summed E-state index contributed by atoms with van der Waals surface area (Å²) in [5, 5.41) is 2.93. The maximum absolute atomic E-state index is 12.9. The van der Waals surface area contributed by atoms with Crippen LogP contribution in [0.15, 0.2) is 48.5 Å². The normalized spacial score (nSPS) is 12.0. The van der Waals surface area contributed by atoms with Gasteiger partial charge >= 0.3 is 0 Å². The Morgan fingerprint density at radius 1 is 1.24 bits per heavy atom. The number of carbonyl (C=O) groups is 1. The number of nitrogens with one attached hydrogen (secondary N) is 1. The van der Waals surface area contributed by atoms with Crippen molar-refractivity contribution in [2.45, 2.75) is 18.7 Å². The van der Waals surface area contributed by atoms with Crippen molar-refractivity contribution in [3.8, 4) is 0 Å². The maximum atomic E-state index is 12.9. The molecular formula is C17H18FNOS. The third kappa shape index (κ3) is 4.33. The van der Waals surface area contributed by atoms with Crippen LogP contribution < -0.4 is 5.32 Å². The minimum atomic E-state index is -0.276. The summed E-state index contributed by atoms with van der Waals surface area (Å²) in [4.78, 5) is 12.3. The van der Waals surface area contributed by atoms with Crippen LogP contribution in [0.25, 0.3) is 0 Å². The lowest BCUT2D eigenvalue weighted by Crippen LogP contribution is -2.26. The fraction of sp³-hybridized carbons (Fsp3) is 0.235. The highest BCUT2D eigenvalue weighted by Crippen LogP contribution is 2.15. The van der Waals surface area contributed by atoms with Gasteiger partial charge in [-0.25, -0.2) is 4.39 Å². The smallest absolute Gasteiger partial charge is 0.251 e. The number of hydrogen-bond acceptors (Lipinski definition) is 2. The predicted octanol–water partition coefficient (Wildman–Crippen LogP) is 4.18. The van der Waals surface area contributed by atoms with Crippen LogP contribution in [0.2, 0.25) is 0 Å². The van der Waals surface area contributed by atoms with Crippen molar-refractivity contribution < 1.29 is 9.18 Å². The van der Waals surface area contributed by atoms with Crippen molar-refractivity contribution in [3.63, 3.8) is 0 Å². The summed E-state index contributed by atoms with van der Waals surface area (Å²) in [6, 6.07) is 13.6. The Balaban J connectivity index is 2.06. The van der Waals surface area contributed by atoms with Crippen LogP contribution in [-0.2, 0) is 5.75 Å². The second kappa shape index (κ2) is 7.27. The molecule has 0 aliphatic heterocycles. The third-order valence-corrected chi connectivity index (χ3v) is 3.84. The minimum absolute atomic E-state index is 0.116. The van der Waals surface area contributed by atoms with Crippen molar-refractivity contribution in [1.82, 2.24) is 5.32 Å². The highest BCUT2D eigenvalue weighted by Gasteiger charge is 2.11. The van der Waals surface area contributed by atoms with E-state index < -0.39 is 0 Å². The molecule has 0 bridgehead atoms. The van der Waals surface area contributed by atoms with Gasteiger partial charge in [-0.05, 0) is 48.6 Å². The Labute approximate surface area is 128 Å². The van der Waals surface area contributed by atoms with Gasteiger partial charge in [-0.15, -0.1) is 0 Å². The van der Waals surface area contributed by atoms with E-state index in [4.69, 9.17) is 0 Å². The largest absolute Gasteiger partial charge is 0.346 e. The second-order valence-corrected chi connectivity index (χ2v) is 5.75. The van der Waals surface area contributed by atoms with Gasteiger partial charge in [0.25, 0.3) is 5.91 Å². The standard InChI is InChI=1S/C17H18FNOS/c1-12(14-6-8-16(18)9-7-14)19-17(20)15-5-3-4-13(10-15)11-21-2/h3-10,12H,11H2,1-2H3,(H,19,20). The summed E-state index contributed by atoms with van der Waals surface area (Å²) in [5.74, 6) is 0.492. The second-order valence-electron chi connectivity index (χ2n) is 4.88. The Hall–Kier alpha value is -1.81. The van der Waals surface area contributed by atoms with Gasteiger partial charge in [0, 0.05) is 11.3 Å². The summed E-state index contributed by atoms with van der Waals surface area (Å²) in [5.41, 5.74) is 2.66. The first-order valence-corrected chi connectivity index (χ1v) is 8.13. The summed E-state index contributed by atoms with van der Waals surface area (Å²) >= 11 is 1.72. The minimum Gasteiger partial charge on any atom is -0.346 e. The van der Waals surface area contributed by atoms with Gasteiger partial charge in [0.15, 0.2) is 0 Å². The molecule has 0 heterocycles. The van der Waals surface area contributed by atoms with Gasteiger partial charge in [-0.3, -0.25) is 4.79 Å². The van der Waals surface area contributed by atoms with Crippen molar-refractivity contribution in [1.29, 1.82) is 0 Å². The van der Waals surface area contributed by atoms with Gasteiger partial charge in [-0.1, -0.05) is 24.3 Å². The number of benzene rings is 2. The molecule has 4 heteroatoms. The fourth-order valence-electron chi connectivity index (χ4n) is 2.08. The van der Waals surface area contributed by atoms with E-state index in [0.29, 0.717) is 5.56 Å². The summed E-state index contributed by atoms with van der Waals surface area (Å²) in [7, 11) is 0. The molecule has 21 heavy (non-hydrogen) atoms. The van der Waals surface area contributed by atoms with Crippen LogP contribution in [0.3, 0.4) is 0 Å². The van der Waals surface area contributed by atoms with Gasteiger partial charge < -0.3 is 5.32 Å². The van der Waals surface area contributed by atoms with E-state index in [1.807, 2.05) is 31.4 Å². The molecule has 2 aromatic rings. The highest BCUT2D eigenvalue weighted by molar-refractivity contribution is 7.97. The van der Waals surface area contributed by atoms with Gasteiger partial charge in [0.05, 0.1) is 6.04 Å². The number of thioether (sulfide) groups is 1. The topological polar surface area (TPSA) is 29.1 Å². The van der Waals surface area contributed by atoms with Crippen LogP contribution in [0.5, 0.6) is 0 Å². The van der Waals surface area contributed by atoms with E-state index in [2.05, 4.69) is 5.32 Å². The van der Waals surface area contributed by atoms with E-state index in [0.717, 1.165) is 16.9 Å². The zero-order chi connectivity index (χ0) is 15.2. The molecule has 0 fully saturated rings. The Bertz CT molecular complexity index is 612. The third-order valence-electron chi connectivity index (χ3n) is 3.22. The zero-order valence-corrected chi connectivity index (χ0v) is 12.9. The SMILES string of the molecule is CSCc1cccc(C(=O)NC(C)c2ccc(F)cc2)c1. The summed E-state index contributed by atoms with van der Waals surface area (Å²) in [6.45, 7) is 1.89. The molecule has 2 rings (SSSR count). The average Bonchev–Trinajstić information content (AvgIpc) is 2.48. The molecule has 2 aromatic carbocycles. The van der Waals surface area contributed by atoms with Crippen molar-refractivity contribution in [2.75, 3.05) is 6.26 Å². The Kier molecular flexibility index (Phi) is 5.39. The number of amides is 1. The van der Waals surface area contributed by atoms with Gasteiger partial charge in [-0.2, -0.15) is 11.8 Å². The summed E-state index contributed by atoms with van der Waals surface area (Å²) < 4.78 is 12.9. The predicted molar refractivity (Wildman–Crippen MR) is 85.9 cm³/mol.